The summed E-state index contributed by atoms with van der Waals surface area (Å²) in [6, 6.07) is 4.38. The molecule has 0 unspecified atom stereocenters. The van der Waals surface area contributed by atoms with Crippen molar-refractivity contribution in [3.8, 4) is 0 Å². The van der Waals surface area contributed by atoms with Gasteiger partial charge in [-0.15, -0.1) is 0 Å². The third kappa shape index (κ3) is 3.41. The van der Waals surface area contributed by atoms with Crippen molar-refractivity contribution < 1.29 is 13.2 Å². The third-order valence-corrected chi connectivity index (χ3v) is 4.80. The van der Waals surface area contributed by atoms with Crippen LogP contribution in [0.15, 0.2) is 24.5 Å². The van der Waals surface area contributed by atoms with Gasteiger partial charge in [0.25, 0.3) is 0 Å². The maximum Gasteiger partial charge on any atom is 0.161 e. The molecular weight excluding hydrogens is 317 g/mol. The highest BCUT2D eigenvalue weighted by molar-refractivity contribution is 9.09. The Balaban J connectivity index is 2.12. The fourth-order valence-electron chi connectivity index (χ4n) is 2.69. The molecule has 0 N–H and O–H groups in total. The van der Waals surface area contributed by atoms with E-state index < -0.39 is 11.6 Å². The maximum absolute atomic E-state index is 13.7. The monoisotopic (exact) mass is 332 g/mol. The number of hydrogen-bond donors (Lipinski definition) is 0. The first-order valence-electron chi connectivity index (χ1n) is 6.47. The van der Waals surface area contributed by atoms with Crippen LogP contribution in [0.2, 0.25) is 0 Å². The molecule has 1 fully saturated rings. The Hall–Kier alpha value is -0.770. The van der Waals surface area contributed by atoms with Crippen LogP contribution in [0.1, 0.15) is 42.7 Å². The lowest BCUT2D eigenvalue weighted by Gasteiger charge is -2.27. The van der Waals surface area contributed by atoms with Crippen LogP contribution in [-0.4, -0.2) is 5.33 Å². The van der Waals surface area contributed by atoms with Gasteiger partial charge in [0.2, 0.25) is 0 Å². The summed E-state index contributed by atoms with van der Waals surface area (Å²) in [7, 11) is 0. The number of alkyl halides is 1. The highest BCUT2D eigenvalue weighted by atomic mass is 79.9. The van der Waals surface area contributed by atoms with Crippen molar-refractivity contribution in [2.24, 2.45) is 5.92 Å². The minimum absolute atomic E-state index is 0.209. The first-order chi connectivity index (χ1) is 9.15. The van der Waals surface area contributed by atoms with Crippen molar-refractivity contribution in [1.29, 1.82) is 0 Å². The van der Waals surface area contributed by atoms with Crippen molar-refractivity contribution in [2.75, 3.05) is 5.33 Å². The fourth-order valence-corrected chi connectivity index (χ4v) is 3.34. The summed E-state index contributed by atoms with van der Waals surface area (Å²) in [6.45, 7) is 0. The van der Waals surface area contributed by atoms with Crippen LogP contribution in [-0.2, 0) is 0 Å². The van der Waals surface area contributed by atoms with Crippen molar-refractivity contribution in [1.82, 2.24) is 0 Å². The predicted octanol–water partition coefficient (Wildman–Crippen LogP) is 5.73. The Morgan fingerprint density at radius 3 is 2.47 bits per heavy atom. The van der Waals surface area contributed by atoms with E-state index in [9.17, 15) is 13.2 Å². The molecule has 1 aliphatic rings. The average molecular weight is 333 g/mol. The predicted molar refractivity (Wildman–Crippen MR) is 75.1 cm³/mol. The highest BCUT2D eigenvalue weighted by Crippen LogP contribution is 2.37. The zero-order valence-corrected chi connectivity index (χ0v) is 12.1. The minimum atomic E-state index is -1.16. The quantitative estimate of drug-likeness (QED) is 0.620. The molecule has 1 saturated carbocycles. The largest absolute Gasteiger partial charge is 0.212 e. The molecule has 2 rings (SSSR count). The van der Waals surface area contributed by atoms with Crippen molar-refractivity contribution >= 4 is 21.8 Å². The topological polar surface area (TPSA) is 0 Å². The van der Waals surface area contributed by atoms with Crippen LogP contribution < -0.4 is 0 Å². The van der Waals surface area contributed by atoms with Gasteiger partial charge in [0.15, 0.2) is 5.83 Å². The van der Waals surface area contributed by atoms with E-state index in [0.29, 0.717) is 11.8 Å². The minimum Gasteiger partial charge on any atom is -0.212 e. The van der Waals surface area contributed by atoms with Crippen LogP contribution in [0.25, 0.3) is 5.83 Å². The second kappa shape index (κ2) is 6.60. The molecular formula is C15H16BrF3. The second-order valence-electron chi connectivity index (χ2n) is 5.07. The standard InChI is InChI=1S/C15H16BrF3/c16-8-10-1-3-11(4-2-10)12-5-6-13(14(18)7-12)15(19)9-17/h5-7,9-11H,1-4,8H2/b15-9-/t10-,11-. The average Bonchev–Trinajstić information content (AvgIpc) is 2.46. The Morgan fingerprint density at radius 2 is 1.95 bits per heavy atom. The van der Waals surface area contributed by atoms with E-state index in [1.165, 1.54) is 12.1 Å². The number of halogens is 4. The Kier molecular flexibility index (Phi) is 5.08. The Bertz CT molecular complexity index is 462. The lowest BCUT2D eigenvalue weighted by molar-refractivity contribution is 0.353. The van der Waals surface area contributed by atoms with Gasteiger partial charge in [-0.1, -0.05) is 22.0 Å². The molecule has 0 spiro atoms. The zero-order valence-electron chi connectivity index (χ0n) is 10.5. The molecule has 0 aromatic heterocycles. The number of rotatable bonds is 3. The van der Waals surface area contributed by atoms with E-state index in [1.54, 1.807) is 6.07 Å². The molecule has 104 valence electrons. The van der Waals surface area contributed by atoms with Gasteiger partial charge in [-0.2, -0.15) is 0 Å². The molecule has 4 heteroatoms. The third-order valence-electron chi connectivity index (χ3n) is 3.88. The number of hydrogen-bond acceptors (Lipinski definition) is 0. The highest BCUT2D eigenvalue weighted by Gasteiger charge is 2.22. The SMILES string of the molecule is F/C=C(\F)c1ccc([C@H]2CC[C@H](CBr)CC2)cc1F. The summed E-state index contributed by atoms with van der Waals surface area (Å²) in [5.41, 5.74) is 0.585. The van der Waals surface area contributed by atoms with Crippen LogP contribution in [0.4, 0.5) is 13.2 Å². The van der Waals surface area contributed by atoms with E-state index in [0.717, 1.165) is 36.6 Å². The molecule has 0 amide bonds. The van der Waals surface area contributed by atoms with Gasteiger partial charge in [0, 0.05) is 10.9 Å². The molecule has 0 saturated heterocycles. The molecule has 1 aliphatic carbocycles. The smallest absolute Gasteiger partial charge is 0.161 e. The van der Waals surface area contributed by atoms with Crippen molar-refractivity contribution in [3.63, 3.8) is 0 Å². The van der Waals surface area contributed by atoms with Gasteiger partial charge in [0.1, 0.15) is 12.1 Å². The molecule has 0 heterocycles. The van der Waals surface area contributed by atoms with E-state index in [1.807, 2.05) is 0 Å². The summed E-state index contributed by atoms with van der Waals surface area (Å²) in [4.78, 5) is 0. The van der Waals surface area contributed by atoms with Crippen molar-refractivity contribution in [3.05, 3.63) is 41.5 Å². The fraction of sp³-hybridized carbons (Fsp3) is 0.467. The molecule has 1 aromatic carbocycles. The van der Waals surface area contributed by atoms with Crippen LogP contribution in [0.5, 0.6) is 0 Å². The summed E-state index contributed by atoms with van der Waals surface area (Å²) in [5, 5.41) is 1.01. The Labute approximate surface area is 119 Å². The van der Waals surface area contributed by atoms with E-state index >= 15 is 0 Å². The lowest BCUT2D eigenvalue weighted by Crippen LogP contribution is -2.14. The second-order valence-corrected chi connectivity index (χ2v) is 5.72. The van der Waals surface area contributed by atoms with Crippen LogP contribution >= 0.6 is 15.9 Å². The van der Waals surface area contributed by atoms with Gasteiger partial charge >= 0.3 is 0 Å². The molecule has 0 radical (unpaired) electrons. The first kappa shape index (κ1) is 14.6. The lowest BCUT2D eigenvalue weighted by atomic mass is 9.79. The molecule has 0 aliphatic heterocycles. The van der Waals surface area contributed by atoms with Gasteiger partial charge in [-0.05, 0) is 55.2 Å². The molecule has 0 atom stereocenters. The van der Waals surface area contributed by atoms with E-state index in [-0.39, 0.29) is 11.9 Å². The summed E-state index contributed by atoms with van der Waals surface area (Å²) in [5.74, 6) is -0.817. The Morgan fingerprint density at radius 1 is 1.26 bits per heavy atom. The summed E-state index contributed by atoms with van der Waals surface area (Å²) >= 11 is 3.49. The van der Waals surface area contributed by atoms with Gasteiger partial charge in [-0.3, -0.25) is 0 Å². The van der Waals surface area contributed by atoms with Crippen molar-refractivity contribution in [2.45, 2.75) is 31.6 Å². The van der Waals surface area contributed by atoms with E-state index in [4.69, 9.17) is 0 Å². The first-order valence-corrected chi connectivity index (χ1v) is 7.59. The molecule has 0 bridgehead atoms. The number of benzene rings is 1. The summed E-state index contributed by atoms with van der Waals surface area (Å²) in [6.07, 6.45) is 4.09. The molecule has 0 nitrogen and oxygen atoms in total. The van der Waals surface area contributed by atoms with Gasteiger partial charge < -0.3 is 0 Å². The van der Waals surface area contributed by atoms with E-state index in [2.05, 4.69) is 15.9 Å². The van der Waals surface area contributed by atoms with Gasteiger partial charge in [0.05, 0.1) is 0 Å². The zero-order chi connectivity index (χ0) is 13.8. The maximum atomic E-state index is 13.7. The normalized spacial score (nSPS) is 24.5. The van der Waals surface area contributed by atoms with Crippen LogP contribution in [0, 0.1) is 11.7 Å². The van der Waals surface area contributed by atoms with Gasteiger partial charge in [-0.25, -0.2) is 13.2 Å². The summed E-state index contributed by atoms with van der Waals surface area (Å²) < 4.78 is 38.8. The van der Waals surface area contributed by atoms with Crippen LogP contribution in [0.3, 0.4) is 0 Å². The molecule has 1 aromatic rings. The molecule has 19 heavy (non-hydrogen) atoms.